The lowest BCUT2D eigenvalue weighted by atomic mass is 10.6. The van der Waals surface area contributed by atoms with Gasteiger partial charge in [-0.3, -0.25) is 0 Å². The Hall–Kier alpha value is -1.51. The number of rotatable bonds is 2. The summed E-state index contributed by atoms with van der Waals surface area (Å²) in [6.07, 6.45) is 0. The van der Waals surface area contributed by atoms with Gasteiger partial charge in [0.05, 0.1) is 7.05 Å². The maximum atomic E-state index is 5.40. The minimum absolute atomic E-state index is 0.209. The van der Waals surface area contributed by atoms with Crippen LogP contribution in [-0.2, 0) is 13.6 Å². The first-order valence-electron chi connectivity index (χ1n) is 3.74. The molecule has 14 heavy (non-hydrogen) atoms. The number of nitrogens with zero attached hydrogens (tertiary/aromatic N) is 7. The number of aryl methyl sites for hydroxylation is 1. The molecule has 0 aliphatic carbocycles. The van der Waals surface area contributed by atoms with Crippen molar-refractivity contribution >= 4 is 21.9 Å². The van der Waals surface area contributed by atoms with Crippen LogP contribution in [-0.4, -0.2) is 35.0 Å². The quantitative estimate of drug-likeness (QED) is 0.757. The van der Waals surface area contributed by atoms with E-state index in [0.717, 1.165) is 0 Å². The van der Waals surface area contributed by atoms with Crippen LogP contribution >= 0.6 is 15.9 Å². The van der Waals surface area contributed by atoms with Crippen molar-refractivity contribution in [3.63, 3.8) is 0 Å². The molecule has 2 aromatic rings. The fraction of sp³-hybridized carbons (Fsp3) is 0.400. The molecule has 0 saturated heterocycles. The van der Waals surface area contributed by atoms with Gasteiger partial charge in [0.1, 0.15) is 6.54 Å². The summed E-state index contributed by atoms with van der Waals surface area (Å²) in [5, 5.41) is 15.4. The van der Waals surface area contributed by atoms with Crippen LogP contribution in [0.15, 0.2) is 4.73 Å². The Labute approximate surface area is 87.2 Å². The van der Waals surface area contributed by atoms with Crippen LogP contribution in [0.5, 0.6) is 0 Å². The SMILES string of the molecule is Cn1nnc(Cn2nc(N)nc2Br)n1. The number of nitrogens with two attached hydrogens (primary N) is 1. The zero-order valence-corrected chi connectivity index (χ0v) is 8.88. The van der Waals surface area contributed by atoms with Crippen molar-refractivity contribution < 1.29 is 0 Å². The standard InChI is InChI=1S/C5H7BrN8/c1-13-10-3(9-12-13)2-14-4(6)8-5(7)11-14/h2H2,1H3,(H2,7,11). The fourth-order valence-corrected chi connectivity index (χ4v) is 1.35. The molecule has 0 amide bonds. The molecule has 0 aliphatic heterocycles. The molecule has 0 bridgehead atoms. The van der Waals surface area contributed by atoms with Gasteiger partial charge in [0.15, 0.2) is 10.6 Å². The van der Waals surface area contributed by atoms with Gasteiger partial charge in [0.25, 0.3) is 0 Å². The van der Waals surface area contributed by atoms with Crippen molar-refractivity contribution in [1.82, 2.24) is 35.0 Å². The van der Waals surface area contributed by atoms with Gasteiger partial charge in [-0.05, 0) is 21.1 Å². The lowest BCUT2D eigenvalue weighted by Crippen LogP contribution is -2.05. The van der Waals surface area contributed by atoms with Gasteiger partial charge in [0.2, 0.25) is 5.95 Å². The zero-order chi connectivity index (χ0) is 10.1. The van der Waals surface area contributed by atoms with Crippen LogP contribution < -0.4 is 5.73 Å². The highest BCUT2D eigenvalue weighted by molar-refractivity contribution is 9.10. The molecule has 2 rings (SSSR count). The van der Waals surface area contributed by atoms with Gasteiger partial charge in [0, 0.05) is 0 Å². The summed E-state index contributed by atoms with van der Waals surface area (Å²) in [5.41, 5.74) is 5.40. The number of halogens is 1. The smallest absolute Gasteiger partial charge is 0.240 e. The molecule has 0 unspecified atom stereocenters. The molecule has 0 radical (unpaired) electrons. The Morgan fingerprint density at radius 1 is 1.43 bits per heavy atom. The van der Waals surface area contributed by atoms with E-state index >= 15 is 0 Å². The average molecular weight is 259 g/mol. The Kier molecular flexibility index (Phi) is 2.15. The molecule has 0 fully saturated rings. The maximum absolute atomic E-state index is 5.40. The molecule has 0 saturated carbocycles. The highest BCUT2D eigenvalue weighted by Crippen LogP contribution is 2.08. The monoisotopic (exact) mass is 258 g/mol. The normalized spacial score (nSPS) is 10.7. The highest BCUT2D eigenvalue weighted by atomic mass is 79.9. The summed E-state index contributed by atoms with van der Waals surface area (Å²) in [6, 6.07) is 0. The molecule has 74 valence electrons. The van der Waals surface area contributed by atoms with E-state index in [1.165, 1.54) is 4.80 Å². The van der Waals surface area contributed by atoms with Crippen LogP contribution in [0, 0.1) is 0 Å². The Morgan fingerprint density at radius 3 is 2.71 bits per heavy atom. The summed E-state index contributed by atoms with van der Waals surface area (Å²) in [7, 11) is 1.70. The highest BCUT2D eigenvalue weighted by Gasteiger charge is 2.08. The number of aromatic nitrogens is 7. The Bertz CT molecular complexity index is 444. The third-order valence-corrected chi connectivity index (χ3v) is 2.07. The Balaban J connectivity index is 2.22. The van der Waals surface area contributed by atoms with E-state index in [0.29, 0.717) is 17.1 Å². The van der Waals surface area contributed by atoms with Gasteiger partial charge in [-0.2, -0.15) is 9.78 Å². The molecular weight excluding hydrogens is 252 g/mol. The molecule has 2 heterocycles. The summed E-state index contributed by atoms with van der Waals surface area (Å²) < 4.78 is 2.09. The number of tetrazole rings is 1. The molecule has 0 aromatic carbocycles. The summed E-state index contributed by atoms with van der Waals surface area (Å²) >= 11 is 3.21. The zero-order valence-electron chi connectivity index (χ0n) is 7.29. The molecular formula is C5H7BrN8. The number of hydrogen-bond donors (Lipinski definition) is 1. The van der Waals surface area contributed by atoms with Crippen molar-refractivity contribution in [2.45, 2.75) is 6.54 Å². The van der Waals surface area contributed by atoms with Crippen LogP contribution in [0.4, 0.5) is 5.95 Å². The van der Waals surface area contributed by atoms with Gasteiger partial charge in [-0.15, -0.1) is 15.3 Å². The van der Waals surface area contributed by atoms with Crippen molar-refractivity contribution in [2.75, 3.05) is 5.73 Å². The lowest BCUT2D eigenvalue weighted by molar-refractivity contribution is 0.613. The van der Waals surface area contributed by atoms with Gasteiger partial charge in [-0.25, -0.2) is 4.68 Å². The molecule has 9 heteroatoms. The van der Waals surface area contributed by atoms with E-state index in [2.05, 4.69) is 41.4 Å². The first-order valence-corrected chi connectivity index (χ1v) is 4.53. The van der Waals surface area contributed by atoms with E-state index in [1.54, 1.807) is 11.7 Å². The van der Waals surface area contributed by atoms with E-state index in [-0.39, 0.29) is 5.95 Å². The molecule has 0 atom stereocenters. The minimum atomic E-state index is 0.209. The topological polar surface area (TPSA) is 100 Å². The van der Waals surface area contributed by atoms with E-state index in [1.807, 2.05) is 0 Å². The predicted octanol–water partition coefficient (Wildman–Crippen LogP) is -0.805. The second-order valence-electron chi connectivity index (χ2n) is 2.59. The maximum Gasteiger partial charge on any atom is 0.240 e. The number of anilines is 1. The Morgan fingerprint density at radius 2 is 2.21 bits per heavy atom. The third kappa shape index (κ3) is 1.71. The van der Waals surface area contributed by atoms with Crippen LogP contribution in [0.1, 0.15) is 5.82 Å². The second-order valence-corrected chi connectivity index (χ2v) is 3.30. The number of hydrogen-bond acceptors (Lipinski definition) is 6. The molecule has 0 spiro atoms. The van der Waals surface area contributed by atoms with Gasteiger partial charge < -0.3 is 5.73 Å². The van der Waals surface area contributed by atoms with Crippen LogP contribution in [0.2, 0.25) is 0 Å². The van der Waals surface area contributed by atoms with E-state index < -0.39 is 0 Å². The lowest BCUT2D eigenvalue weighted by Gasteiger charge is -1.94. The summed E-state index contributed by atoms with van der Waals surface area (Å²) in [5.74, 6) is 0.763. The fourth-order valence-electron chi connectivity index (χ4n) is 0.961. The van der Waals surface area contributed by atoms with E-state index in [9.17, 15) is 0 Å². The summed E-state index contributed by atoms with van der Waals surface area (Å²) in [4.78, 5) is 5.26. The minimum Gasteiger partial charge on any atom is -0.366 e. The average Bonchev–Trinajstić information content (AvgIpc) is 2.61. The first kappa shape index (κ1) is 9.06. The van der Waals surface area contributed by atoms with Crippen molar-refractivity contribution in [3.8, 4) is 0 Å². The van der Waals surface area contributed by atoms with Crippen LogP contribution in [0.25, 0.3) is 0 Å². The van der Waals surface area contributed by atoms with Crippen molar-refractivity contribution in [2.24, 2.45) is 7.05 Å². The van der Waals surface area contributed by atoms with E-state index in [4.69, 9.17) is 5.73 Å². The molecule has 2 N–H and O–H groups in total. The van der Waals surface area contributed by atoms with Gasteiger partial charge >= 0.3 is 0 Å². The summed E-state index contributed by atoms with van der Waals surface area (Å²) in [6.45, 7) is 0.388. The first-order chi connectivity index (χ1) is 6.65. The second kappa shape index (κ2) is 3.33. The third-order valence-electron chi connectivity index (χ3n) is 1.48. The molecule has 2 aromatic heterocycles. The van der Waals surface area contributed by atoms with Crippen molar-refractivity contribution in [1.29, 1.82) is 0 Å². The molecule has 0 aliphatic rings. The van der Waals surface area contributed by atoms with Gasteiger partial charge in [-0.1, -0.05) is 0 Å². The largest absolute Gasteiger partial charge is 0.366 e. The predicted molar refractivity (Wildman–Crippen MR) is 50.0 cm³/mol. The number of nitrogen functional groups attached to an aromatic ring is 1. The molecule has 8 nitrogen and oxygen atoms in total. The van der Waals surface area contributed by atoms with Crippen LogP contribution in [0.3, 0.4) is 0 Å². The van der Waals surface area contributed by atoms with Crippen molar-refractivity contribution in [3.05, 3.63) is 10.6 Å².